The highest BCUT2D eigenvalue weighted by Crippen LogP contribution is 2.33. The first-order valence-electron chi connectivity index (χ1n) is 19.4. The summed E-state index contributed by atoms with van der Waals surface area (Å²) in [6.07, 6.45) is -6.08. The van der Waals surface area contributed by atoms with E-state index >= 15 is 0 Å². The highest BCUT2D eigenvalue weighted by molar-refractivity contribution is 5.89. The van der Waals surface area contributed by atoms with Crippen LogP contribution in [0.15, 0.2) is 72.9 Å². The van der Waals surface area contributed by atoms with Crippen LogP contribution in [0.2, 0.25) is 0 Å². The Kier molecular flexibility index (Phi) is 20.0. The number of allylic oxidation sites excluding steroid dienone is 3. The summed E-state index contributed by atoms with van der Waals surface area (Å²) < 4.78 is 34.0. The Morgan fingerprint density at radius 3 is 1.44 bits per heavy atom. The van der Waals surface area contributed by atoms with Crippen LogP contribution < -0.4 is 0 Å². The average Bonchev–Trinajstić information content (AvgIpc) is 3.19. The zero-order chi connectivity index (χ0) is 44.9. The summed E-state index contributed by atoms with van der Waals surface area (Å²) in [5, 5.41) is 82.2. The lowest BCUT2D eigenvalue weighted by molar-refractivity contribution is -0.322. The van der Waals surface area contributed by atoms with Gasteiger partial charge in [-0.3, -0.25) is 0 Å². The van der Waals surface area contributed by atoms with Crippen molar-refractivity contribution in [3.05, 3.63) is 72.9 Å². The van der Waals surface area contributed by atoms with Crippen molar-refractivity contribution >= 4 is 17.9 Å². The van der Waals surface area contributed by atoms with Crippen molar-refractivity contribution in [2.75, 3.05) is 13.2 Å². The quantitative estimate of drug-likeness (QED) is 0.0330. The predicted molar refractivity (Wildman–Crippen MR) is 212 cm³/mol. The Labute approximate surface area is 345 Å². The third-order valence-corrected chi connectivity index (χ3v) is 10.3. The van der Waals surface area contributed by atoms with Gasteiger partial charge in [0, 0.05) is 16.7 Å². The maximum absolute atomic E-state index is 13.4. The number of esters is 3. The summed E-state index contributed by atoms with van der Waals surface area (Å²) in [7, 11) is 0. The summed E-state index contributed by atoms with van der Waals surface area (Å²) >= 11 is 0. The Morgan fingerprint density at radius 1 is 0.576 bits per heavy atom. The standard InChI is InChI=1S/C42H64O17/c1-10-40(7,52)19-13-16-24(4)35(49)56-33-28(23-44)55-39(32(48)34(33)57-36(50)25(5)17-14-20-41(8,53)11-2)59-42(9,12-3)21-15-18-26(6)37(51)58-38-31(47)30(46)29(45)27(22-43)54-38/h10-12,16-18,27-34,38-39,43-48,52-53H,1-3,13-15,19-23H2,4-9H3/b24-16+,25-17+,26-18+/t27-,28-,29-,30+,31-,32-,33-,34-,38+,39+,40+,41+,42-/m1/s1. The minimum Gasteiger partial charge on any atom is -0.452 e. The molecule has 0 radical (unpaired) electrons. The van der Waals surface area contributed by atoms with Crippen LogP contribution >= 0.6 is 0 Å². The van der Waals surface area contributed by atoms with Gasteiger partial charge in [-0.2, -0.15) is 0 Å². The van der Waals surface area contributed by atoms with E-state index in [-0.39, 0.29) is 55.2 Å². The molecule has 2 fully saturated rings. The van der Waals surface area contributed by atoms with Gasteiger partial charge in [-0.15, -0.1) is 19.7 Å². The van der Waals surface area contributed by atoms with Crippen LogP contribution in [0.1, 0.15) is 80.1 Å². The van der Waals surface area contributed by atoms with Crippen LogP contribution in [0.25, 0.3) is 0 Å². The number of aliphatic hydroxyl groups is 8. The number of ether oxygens (including phenoxy) is 6. The molecule has 0 aromatic rings. The van der Waals surface area contributed by atoms with Gasteiger partial charge in [0.1, 0.15) is 36.6 Å². The third-order valence-electron chi connectivity index (χ3n) is 10.3. The molecular formula is C42H64O17. The maximum atomic E-state index is 13.4. The molecule has 0 aliphatic carbocycles. The van der Waals surface area contributed by atoms with Crippen LogP contribution in [-0.2, 0) is 42.8 Å². The fraction of sp³-hybridized carbons (Fsp3) is 0.643. The first kappa shape index (κ1) is 51.6. The number of rotatable bonds is 22. The Hall–Kier alpha value is -3.59. The zero-order valence-corrected chi connectivity index (χ0v) is 34.8. The van der Waals surface area contributed by atoms with Crippen LogP contribution in [0.4, 0.5) is 0 Å². The van der Waals surface area contributed by atoms with Crippen molar-refractivity contribution < 1.29 is 83.7 Å². The average molecular weight is 841 g/mol. The van der Waals surface area contributed by atoms with Gasteiger partial charge in [-0.1, -0.05) is 36.5 Å². The topological polar surface area (TPSA) is 268 Å². The van der Waals surface area contributed by atoms with Crippen molar-refractivity contribution in [3.8, 4) is 0 Å². The summed E-state index contributed by atoms with van der Waals surface area (Å²) in [6.45, 7) is 18.6. The molecule has 17 nitrogen and oxygen atoms in total. The Morgan fingerprint density at radius 2 is 1.00 bits per heavy atom. The molecule has 0 saturated carbocycles. The molecule has 8 N–H and O–H groups in total. The largest absolute Gasteiger partial charge is 0.452 e. The molecule has 334 valence electrons. The molecular weight excluding hydrogens is 776 g/mol. The number of hydrogen-bond acceptors (Lipinski definition) is 17. The summed E-state index contributed by atoms with van der Waals surface area (Å²) in [5.41, 5.74) is -3.36. The summed E-state index contributed by atoms with van der Waals surface area (Å²) in [5.74, 6) is -2.70. The molecule has 59 heavy (non-hydrogen) atoms. The van der Waals surface area contributed by atoms with Crippen LogP contribution in [0.5, 0.6) is 0 Å². The molecule has 13 atom stereocenters. The molecule has 17 heteroatoms. The predicted octanol–water partition coefficient (Wildman–Crippen LogP) is 1.25. The van der Waals surface area contributed by atoms with E-state index in [0.29, 0.717) is 0 Å². The molecule has 0 spiro atoms. The number of hydrogen-bond donors (Lipinski definition) is 8. The molecule has 2 aliphatic rings. The lowest BCUT2D eigenvalue weighted by Gasteiger charge is -2.45. The molecule has 0 amide bonds. The van der Waals surface area contributed by atoms with E-state index in [0.717, 1.165) is 0 Å². The smallest absolute Gasteiger partial charge is 0.335 e. The Bertz CT molecular complexity index is 1550. The molecule has 2 aliphatic heterocycles. The molecule has 0 aromatic heterocycles. The van der Waals surface area contributed by atoms with E-state index in [4.69, 9.17) is 28.4 Å². The fourth-order valence-corrected chi connectivity index (χ4v) is 5.88. The van der Waals surface area contributed by atoms with Crippen molar-refractivity contribution in [3.63, 3.8) is 0 Å². The van der Waals surface area contributed by atoms with Crippen LogP contribution in [-0.4, -0.2) is 150 Å². The Balaban J connectivity index is 2.30. The monoisotopic (exact) mass is 840 g/mol. The second-order valence-electron chi connectivity index (χ2n) is 15.6. The van der Waals surface area contributed by atoms with Crippen molar-refractivity contribution in [2.45, 2.75) is 158 Å². The summed E-state index contributed by atoms with van der Waals surface area (Å²) in [4.78, 5) is 39.5. The highest BCUT2D eigenvalue weighted by atomic mass is 16.7. The zero-order valence-electron chi connectivity index (χ0n) is 34.8. The van der Waals surface area contributed by atoms with Crippen molar-refractivity contribution in [1.82, 2.24) is 0 Å². The lowest BCUT2D eigenvalue weighted by Crippen LogP contribution is -2.62. The first-order valence-corrected chi connectivity index (χ1v) is 19.4. The van der Waals surface area contributed by atoms with Gasteiger partial charge in [0.15, 0.2) is 18.5 Å². The molecule has 2 rings (SSSR count). The van der Waals surface area contributed by atoms with Gasteiger partial charge >= 0.3 is 17.9 Å². The van der Waals surface area contributed by atoms with E-state index in [9.17, 15) is 55.2 Å². The van der Waals surface area contributed by atoms with E-state index in [1.807, 2.05) is 0 Å². The summed E-state index contributed by atoms with van der Waals surface area (Å²) in [6, 6.07) is 0. The molecule has 2 heterocycles. The van der Waals surface area contributed by atoms with E-state index < -0.39 is 109 Å². The minimum atomic E-state index is -1.80. The molecule has 0 aromatic carbocycles. The van der Waals surface area contributed by atoms with Gasteiger partial charge in [-0.05, 0) is 80.1 Å². The third kappa shape index (κ3) is 15.1. The van der Waals surface area contributed by atoms with E-state index in [2.05, 4.69) is 19.7 Å². The van der Waals surface area contributed by atoms with E-state index in [1.54, 1.807) is 20.8 Å². The fourth-order valence-electron chi connectivity index (χ4n) is 5.88. The normalized spacial score (nSPS) is 31.1. The number of carbonyl (C=O) groups is 3. The van der Waals surface area contributed by atoms with Crippen molar-refractivity contribution in [1.29, 1.82) is 0 Å². The SMILES string of the molecule is C=C[C@](C)(O)CC/C=C(\C)C(=O)O[C@@H]1[C@@H](O)[C@H](O[C@](C)(C=C)CC/C=C(\C)C(=O)O[C@@H]2O[C@H](CO)[C@@H](O)[C@H](O)[C@H]2O)O[C@H](CO)[C@H]1OC(=O)/C(C)=C/CC[C@@](C)(O)C=C. The molecule has 2 saturated heterocycles. The van der Waals surface area contributed by atoms with E-state index in [1.165, 1.54) is 57.2 Å². The van der Waals surface area contributed by atoms with Crippen molar-refractivity contribution in [2.24, 2.45) is 0 Å². The number of carbonyl (C=O) groups excluding carboxylic acids is 3. The second kappa shape index (κ2) is 22.9. The number of aliphatic hydroxyl groups excluding tert-OH is 6. The van der Waals surface area contributed by atoms with Gasteiger partial charge < -0.3 is 69.3 Å². The van der Waals surface area contributed by atoms with Gasteiger partial charge in [0.25, 0.3) is 0 Å². The highest BCUT2D eigenvalue weighted by Gasteiger charge is 2.52. The molecule has 0 unspecified atom stereocenters. The maximum Gasteiger partial charge on any atom is 0.335 e. The molecule has 0 bridgehead atoms. The lowest BCUT2D eigenvalue weighted by atomic mass is 9.96. The first-order chi connectivity index (χ1) is 27.5. The van der Waals surface area contributed by atoms with Crippen LogP contribution in [0, 0.1) is 0 Å². The van der Waals surface area contributed by atoms with Gasteiger partial charge in [-0.25, -0.2) is 14.4 Å². The second-order valence-corrected chi connectivity index (χ2v) is 15.6. The van der Waals surface area contributed by atoms with Gasteiger partial charge in [0.2, 0.25) is 6.29 Å². The van der Waals surface area contributed by atoms with Gasteiger partial charge in [0.05, 0.1) is 30.0 Å². The van der Waals surface area contributed by atoms with Crippen LogP contribution in [0.3, 0.4) is 0 Å². The minimum absolute atomic E-state index is 0.0614.